The molecular formula is C19H27N5O4S. The minimum Gasteiger partial charge on any atom is -0.381 e. The summed E-state index contributed by atoms with van der Waals surface area (Å²) in [6.07, 6.45) is 3.82. The largest absolute Gasteiger partial charge is 0.381 e. The van der Waals surface area contributed by atoms with Crippen molar-refractivity contribution in [3.8, 4) is 0 Å². The topological polar surface area (TPSA) is 109 Å². The number of sulfone groups is 1. The van der Waals surface area contributed by atoms with Crippen LogP contribution in [-0.2, 0) is 24.1 Å². The molecule has 0 aromatic carbocycles. The van der Waals surface area contributed by atoms with Gasteiger partial charge in [0.2, 0.25) is 0 Å². The average molecular weight is 422 g/mol. The van der Waals surface area contributed by atoms with Crippen LogP contribution in [-0.4, -0.2) is 68.9 Å². The van der Waals surface area contributed by atoms with Gasteiger partial charge in [-0.1, -0.05) is 0 Å². The SMILES string of the molecule is CC1COCCN1c1cc(C2(S(C)(=O)=O)CCOCC2)cc(Nc2ccn[nH]2)n1. The molecule has 29 heavy (non-hydrogen) atoms. The van der Waals surface area contributed by atoms with E-state index in [9.17, 15) is 8.42 Å². The van der Waals surface area contributed by atoms with Gasteiger partial charge in [-0.15, -0.1) is 0 Å². The second-order valence-corrected chi connectivity index (χ2v) is 10.0. The molecule has 158 valence electrons. The minimum atomic E-state index is -3.38. The van der Waals surface area contributed by atoms with Gasteiger partial charge in [0.15, 0.2) is 9.84 Å². The molecule has 1 atom stereocenters. The van der Waals surface area contributed by atoms with Crippen molar-refractivity contribution in [1.29, 1.82) is 0 Å². The number of nitrogens with zero attached hydrogens (tertiary/aromatic N) is 3. The van der Waals surface area contributed by atoms with Crippen molar-refractivity contribution in [3.05, 3.63) is 30.0 Å². The molecule has 9 nitrogen and oxygen atoms in total. The Morgan fingerprint density at radius 3 is 2.69 bits per heavy atom. The van der Waals surface area contributed by atoms with E-state index in [1.807, 2.05) is 12.1 Å². The van der Waals surface area contributed by atoms with Gasteiger partial charge in [0, 0.05) is 32.1 Å². The number of hydrogen-bond donors (Lipinski definition) is 2. The highest BCUT2D eigenvalue weighted by atomic mass is 32.2. The van der Waals surface area contributed by atoms with Gasteiger partial charge in [0.25, 0.3) is 0 Å². The number of anilines is 3. The van der Waals surface area contributed by atoms with Gasteiger partial charge in [-0.05, 0) is 37.5 Å². The van der Waals surface area contributed by atoms with Gasteiger partial charge >= 0.3 is 0 Å². The Morgan fingerprint density at radius 1 is 1.24 bits per heavy atom. The highest BCUT2D eigenvalue weighted by Gasteiger charge is 2.44. The van der Waals surface area contributed by atoms with Gasteiger partial charge in [-0.3, -0.25) is 5.10 Å². The zero-order chi connectivity index (χ0) is 20.5. The van der Waals surface area contributed by atoms with E-state index in [1.54, 1.807) is 12.3 Å². The molecule has 1 unspecified atom stereocenters. The molecule has 0 saturated carbocycles. The second kappa shape index (κ2) is 7.92. The summed E-state index contributed by atoms with van der Waals surface area (Å²) in [6, 6.07) is 5.70. The molecule has 2 aromatic heterocycles. The average Bonchev–Trinajstić information content (AvgIpc) is 3.21. The fourth-order valence-corrected chi connectivity index (χ4v) is 5.55. The van der Waals surface area contributed by atoms with E-state index in [1.165, 1.54) is 6.26 Å². The van der Waals surface area contributed by atoms with Gasteiger partial charge in [0.1, 0.15) is 22.2 Å². The molecule has 4 heterocycles. The molecule has 0 radical (unpaired) electrons. The van der Waals surface area contributed by atoms with Crippen LogP contribution in [0, 0.1) is 0 Å². The van der Waals surface area contributed by atoms with Gasteiger partial charge in [0.05, 0.1) is 25.5 Å². The Hall–Kier alpha value is -2.17. The van der Waals surface area contributed by atoms with Gasteiger partial charge in [-0.25, -0.2) is 13.4 Å². The molecule has 2 saturated heterocycles. The normalized spacial score (nSPS) is 22.4. The summed E-state index contributed by atoms with van der Waals surface area (Å²) < 4.78 is 35.9. The van der Waals surface area contributed by atoms with Crippen LogP contribution in [0.2, 0.25) is 0 Å². The molecule has 2 fully saturated rings. The fourth-order valence-electron chi connectivity index (χ4n) is 4.10. The molecule has 4 rings (SSSR count). The van der Waals surface area contributed by atoms with Crippen molar-refractivity contribution in [2.75, 3.05) is 49.4 Å². The van der Waals surface area contributed by atoms with Crippen LogP contribution in [0.3, 0.4) is 0 Å². The Kier molecular flexibility index (Phi) is 5.50. The summed E-state index contributed by atoms with van der Waals surface area (Å²) in [6.45, 7) is 4.85. The van der Waals surface area contributed by atoms with Crippen molar-refractivity contribution in [1.82, 2.24) is 15.2 Å². The van der Waals surface area contributed by atoms with E-state index in [2.05, 4.69) is 27.3 Å². The van der Waals surface area contributed by atoms with Gasteiger partial charge < -0.3 is 19.7 Å². The zero-order valence-corrected chi connectivity index (χ0v) is 17.5. The Morgan fingerprint density at radius 2 is 2.03 bits per heavy atom. The monoisotopic (exact) mass is 421 g/mol. The molecule has 0 aliphatic carbocycles. The third-order valence-electron chi connectivity index (χ3n) is 5.77. The number of aromatic amines is 1. The number of rotatable bonds is 5. The van der Waals surface area contributed by atoms with E-state index in [0.717, 1.165) is 11.4 Å². The molecule has 2 N–H and O–H groups in total. The van der Waals surface area contributed by atoms with Crippen molar-refractivity contribution >= 4 is 27.3 Å². The third kappa shape index (κ3) is 3.96. The van der Waals surface area contributed by atoms with Crippen molar-refractivity contribution in [2.24, 2.45) is 0 Å². The highest BCUT2D eigenvalue weighted by Crippen LogP contribution is 2.42. The standard InChI is InChI=1S/C19H27N5O4S/c1-14-13-28-10-7-24(14)18-12-15(11-17(22-18)21-16-3-6-20-23-16)19(29(2,25)26)4-8-27-9-5-19/h3,6,11-12,14H,4-5,7-10,13H2,1-2H3,(H2,20,21,22,23). The van der Waals surface area contributed by atoms with Crippen LogP contribution >= 0.6 is 0 Å². The van der Waals surface area contributed by atoms with E-state index in [-0.39, 0.29) is 6.04 Å². The molecular weight excluding hydrogens is 394 g/mol. The summed E-state index contributed by atoms with van der Waals surface area (Å²) in [4.78, 5) is 6.94. The number of ether oxygens (including phenoxy) is 2. The predicted octanol–water partition coefficient (Wildman–Crippen LogP) is 1.82. The first kappa shape index (κ1) is 20.1. The number of aromatic nitrogens is 3. The quantitative estimate of drug-likeness (QED) is 0.752. The maximum Gasteiger partial charge on any atom is 0.157 e. The number of H-pyrrole nitrogens is 1. The number of pyridine rings is 1. The molecule has 2 aromatic rings. The van der Waals surface area contributed by atoms with Gasteiger partial charge in [-0.2, -0.15) is 5.10 Å². The number of hydrogen-bond acceptors (Lipinski definition) is 8. The first-order chi connectivity index (χ1) is 13.9. The van der Waals surface area contributed by atoms with E-state index in [0.29, 0.717) is 57.4 Å². The Labute approximate surface area is 170 Å². The molecule has 10 heteroatoms. The van der Waals surface area contributed by atoms with Crippen LogP contribution < -0.4 is 10.2 Å². The second-order valence-electron chi connectivity index (χ2n) is 7.69. The van der Waals surface area contributed by atoms with Crippen LogP contribution in [0.25, 0.3) is 0 Å². The third-order valence-corrected chi connectivity index (χ3v) is 7.84. The highest BCUT2D eigenvalue weighted by molar-refractivity contribution is 7.91. The summed E-state index contributed by atoms with van der Waals surface area (Å²) in [5.74, 6) is 2.01. The van der Waals surface area contributed by atoms with Crippen molar-refractivity contribution in [2.45, 2.75) is 30.6 Å². The number of nitrogens with one attached hydrogen (secondary N) is 2. The lowest BCUT2D eigenvalue weighted by Crippen LogP contribution is -2.45. The first-order valence-corrected chi connectivity index (χ1v) is 11.7. The minimum absolute atomic E-state index is 0.148. The summed E-state index contributed by atoms with van der Waals surface area (Å²) in [5.41, 5.74) is 0.744. The molecule has 0 spiro atoms. The Bertz CT molecular complexity index is 942. The summed E-state index contributed by atoms with van der Waals surface area (Å²) in [7, 11) is -3.38. The summed E-state index contributed by atoms with van der Waals surface area (Å²) >= 11 is 0. The zero-order valence-electron chi connectivity index (χ0n) is 16.7. The number of morpholine rings is 1. The van der Waals surface area contributed by atoms with E-state index in [4.69, 9.17) is 14.5 Å². The molecule has 2 aliphatic heterocycles. The van der Waals surface area contributed by atoms with Crippen LogP contribution in [0.5, 0.6) is 0 Å². The lowest BCUT2D eigenvalue weighted by molar-refractivity contribution is 0.0742. The van der Waals surface area contributed by atoms with Crippen molar-refractivity contribution < 1.29 is 17.9 Å². The maximum absolute atomic E-state index is 12.9. The lowest BCUT2D eigenvalue weighted by Gasteiger charge is -2.38. The predicted molar refractivity (Wildman–Crippen MR) is 110 cm³/mol. The van der Waals surface area contributed by atoms with E-state index < -0.39 is 14.6 Å². The van der Waals surface area contributed by atoms with E-state index >= 15 is 0 Å². The van der Waals surface area contributed by atoms with Crippen molar-refractivity contribution in [3.63, 3.8) is 0 Å². The summed E-state index contributed by atoms with van der Waals surface area (Å²) in [5, 5.41) is 10.0. The smallest absolute Gasteiger partial charge is 0.157 e. The fraction of sp³-hybridized carbons (Fsp3) is 0.579. The van der Waals surface area contributed by atoms with Crippen LogP contribution in [0.4, 0.5) is 17.5 Å². The maximum atomic E-state index is 12.9. The Balaban J connectivity index is 1.82. The van der Waals surface area contributed by atoms with Crippen LogP contribution in [0.15, 0.2) is 24.4 Å². The molecule has 0 bridgehead atoms. The molecule has 0 amide bonds. The lowest BCUT2D eigenvalue weighted by atomic mass is 9.90. The van der Waals surface area contributed by atoms with Crippen LogP contribution in [0.1, 0.15) is 25.3 Å². The first-order valence-electron chi connectivity index (χ1n) is 9.80. The molecule has 2 aliphatic rings.